The number of esters is 1. The maximum Gasteiger partial charge on any atom is 0.310 e. The zero-order valence-corrected chi connectivity index (χ0v) is 10.1. The van der Waals surface area contributed by atoms with Crippen molar-refractivity contribution in [2.75, 3.05) is 6.54 Å². The van der Waals surface area contributed by atoms with E-state index in [-0.39, 0.29) is 30.4 Å². The first kappa shape index (κ1) is 13.0. The van der Waals surface area contributed by atoms with E-state index in [4.69, 9.17) is 10.5 Å². The van der Waals surface area contributed by atoms with Crippen LogP contribution in [0.25, 0.3) is 0 Å². The number of ether oxygens (including phenoxy) is 1. The molecule has 1 unspecified atom stereocenters. The largest absolute Gasteiger partial charge is 0.463 e. The summed E-state index contributed by atoms with van der Waals surface area (Å²) in [5.74, 6) is -0.803. The van der Waals surface area contributed by atoms with E-state index in [0.29, 0.717) is 0 Å². The molecule has 1 saturated carbocycles. The molecule has 1 aliphatic rings. The third kappa shape index (κ3) is 3.48. The van der Waals surface area contributed by atoms with Gasteiger partial charge in [-0.1, -0.05) is 6.92 Å². The molecule has 92 valence electrons. The molecule has 1 amide bonds. The molecule has 3 N–H and O–H groups in total. The number of carbonyl (C=O) groups is 2. The highest BCUT2D eigenvalue weighted by Crippen LogP contribution is 2.32. The first-order chi connectivity index (χ1) is 7.35. The molecule has 1 aliphatic carbocycles. The third-order valence-corrected chi connectivity index (χ3v) is 2.56. The Morgan fingerprint density at radius 2 is 1.94 bits per heavy atom. The highest BCUT2D eigenvalue weighted by molar-refractivity contribution is 5.89. The normalized spacial score (nSPS) is 19.1. The lowest BCUT2D eigenvalue weighted by Crippen LogP contribution is -2.45. The monoisotopic (exact) mass is 228 g/mol. The van der Waals surface area contributed by atoms with Gasteiger partial charge in [-0.25, -0.2) is 0 Å². The van der Waals surface area contributed by atoms with E-state index in [2.05, 4.69) is 5.32 Å². The number of nitrogens with two attached hydrogens (primary N) is 1. The lowest BCUT2D eigenvalue weighted by molar-refractivity contribution is -0.151. The smallest absolute Gasteiger partial charge is 0.310 e. The van der Waals surface area contributed by atoms with Crippen molar-refractivity contribution in [3.05, 3.63) is 0 Å². The fraction of sp³-hybridized carbons (Fsp3) is 0.818. The fourth-order valence-electron chi connectivity index (χ4n) is 1.22. The van der Waals surface area contributed by atoms with Crippen LogP contribution in [0.3, 0.4) is 0 Å². The van der Waals surface area contributed by atoms with E-state index in [1.165, 1.54) is 0 Å². The molecule has 5 nitrogen and oxygen atoms in total. The second-order valence-electron chi connectivity index (χ2n) is 4.75. The molecule has 1 rings (SSSR count). The van der Waals surface area contributed by atoms with Gasteiger partial charge >= 0.3 is 5.97 Å². The lowest BCUT2D eigenvalue weighted by atomic mass is 10.1. The number of hydrogen-bond acceptors (Lipinski definition) is 4. The second kappa shape index (κ2) is 4.82. The minimum absolute atomic E-state index is 0.130. The maximum absolute atomic E-state index is 11.5. The highest BCUT2D eigenvalue weighted by atomic mass is 16.5. The molecule has 0 radical (unpaired) electrons. The SMILES string of the molecule is CC(C)OC(=O)C(C)CNC(=O)C1(N)CC1. The van der Waals surface area contributed by atoms with Crippen LogP contribution in [0.1, 0.15) is 33.6 Å². The van der Waals surface area contributed by atoms with Crippen LogP contribution in [0.15, 0.2) is 0 Å². The number of hydrogen-bond donors (Lipinski definition) is 2. The molecule has 0 bridgehead atoms. The molecule has 1 fully saturated rings. The van der Waals surface area contributed by atoms with E-state index in [9.17, 15) is 9.59 Å². The predicted molar refractivity (Wildman–Crippen MR) is 59.6 cm³/mol. The molecular weight excluding hydrogens is 208 g/mol. The van der Waals surface area contributed by atoms with E-state index in [0.717, 1.165) is 12.8 Å². The molecule has 0 aromatic heterocycles. The summed E-state index contributed by atoms with van der Waals surface area (Å²) >= 11 is 0. The Balaban J connectivity index is 2.26. The van der Waals surface area contributed by atoms with E-state index in [1.807, 2.05) is 0 Å². The molecule has 0 aromatic rings. The van der Waals surface area contributed by atoms with Gasteiger partial charge in [0.05, 0.1) is 17.6 Å². The minimum atomic E-state index is -0.679. The molecule has 0 saturated heterocycles. The van der Waals surface area contributed by atoms with Crippen molar-refractivity contribution in [2.45, 2.75) is 45.3 Å². The number of carbonyl (C=O) groups excluding carboxylic acids is 2. The van der Waals surface area contributed by atoms with Gasteiger partial charge in [-0.3, -0.25) is 9.59 Å². The zero-order chi connectivity index (χ0) is 12.3. The van der Waals surface area contributed by atoms with Gasteiger partial charge in [-0.05, 0) is 26.7 Å². The van der Waals surface area contributed by atoms with Crippen LogP contribution in [-0.4, -0.2) is 30.1 Å². The summed E-state index contributed by atoms with van der Waals surface area (Å²) in [7, 11) is 0. The Labute approximate surface area is 95.7 Å². The van der Waals surface area contributed by atoms with Crippen molar-refractivity contribution in [2.24, 2.45) is 11.7 Å². The third-order valence-electron chi connectivity index (χ3n) is 2.56. The average Bonchev–Trinajstić information content (AvgIpc) is 2.92. The standard InChI is InChI=1S/C11H20N2O3/c1-7(2)16-9(14)8(3)6-13-10(15)11(12)4-5-11/h7-8H,4-6,12H2,1-3H3,(H,13,15). The summed E-state index contributed by atoms with van der Waals surface area (Å²) in [5, 5.41) is 2.67. The average molecular weight is 228 g/mol. The lowest BCUT2D eigenvalue weighted by Gasteiger charge is -2.16. The molecule has 0 spiro atoms. The van der Waals surface area contributed by atoms with E-state index < -0.39 is 5.54 Å². The summed E-state index contributed by atoms with van der Waals surface area (Å²) in [6.45, 7) is 5.59. The number of amides is 1. The molecule has 0 aromatic carbocycles. The van der Waals surface area contributed by atoms with Crippen LogP contribution >= 0.6 is 0 Å². The Morgan fingerprint density at radius 1 is 1.38 bits per heavy atom. The van der Waals surface area contributed by atoms with Gasteiger partial charge in [0.25, 0.3) is 0 Å². The van der Waals surface area contributed by atoms with Crippen LogP contribution in [0.2, 0.25) is 0 Å². The van der Waals surface area contributed by atoms with Gasteiger partial charge in [-0.2, -0.15) is 0 Å². The van der Waals surface area contributed by atoms with Crippen LogP contribution in [-0.2, 0) is 14.3 Å². The van der Waals surface area contributed by atoms with Crippen LogP contribution in [0, 0.1) is 5.92 Å². The summed E-state index contributed by atoms with van der Waals surface area (Å²) < 4.78 is 5.02. The van der Waals surface area contributed by atoms with Gasteiger partial charge in [0.1, 0.15) is 0 Å². The summed E-state index contributed by atoms with van der Waals surface area (Å²) in [6.07, 6.45) is 1.32. The Morgan fingerprint density at radius 3 is 2.38 bits per heavy atom. The van der Waals surface area contributed by atoms with Crippen molar-refractivity contribution in [3.63, 3.8) is 0 Å². The van der Waals surface area contributed by atoms with E-state index in [1.54, 1.807) is 20.8 Å². The summed E-state index contributed by atoms with van der Waals surface area (Å²) in [5.41, 5.74) is 5.03. The zero-order valence-electron chi connectivity index (χ0n) is 10.1. The van der Waals surface area contributed by atoms with Crippen LogP contribution < -0.4 is 11.1 Å². The van der Waals surface area contributed by atoms with Crippen LogP contribution in [0.4, 0.5) is 0 Å². The van der Waals surface area contributed by atoms with Crippen molar-refractivity contribution in [3.8, 4) is 0 Å². The van der Waals surface area contributed by atoms with Crippen molar-refractivity contribution in [1.29, 1.82) is 0 Å². The first-order valence-electron chi connectivity index (χ1n) is 5.63. The van der Waals surface area contributed by atoms with Crippen LogP contribution in [0.5, 0.6) is 0 Å². The predicted octanol–water partition coefficient (Wildman–Crippen LogP) is 0.182. The van der Waals surface area contributed by atoms with E-state index >= 15 is 0 Å². The second-order valence-corrected chi connectivity index (χ2v) is 4.75. The molecule has 16 heavy (non-hydrogen) atoms. The number of nitrogens with one attached hydrogen (secondary N) is 1. The Hall–Kier alpha value is -1.10. The summed E-state index contributed by atoms with van der Waals surface area (Å²) in [6, 6.07) is 0. The Bertz CT molecular complexity index is 285. The maximum atomic E-state index is 11.5. The van der Waals surface area contributed by atoms with Crippen molar-refractivity contribution < 1.29 is 14.3 Å². The summed E-state index contributed by atoms with van der Waals surface area (Å²) in [4.78, 5) is 22.9. The van der Waals surface area contributed by atoms with Gasteiger partial charge in [0.2, 0.25) is 5.91 Å². The van der Waals surface area contributed by atoms with Crippen molar-refractivity contribution >= 4 is 11.9 Å². The van der Waals surface area contributed by atoms with Crippen molar-refractivity contribution in [1.82, 2.24) is 5.32 Å². The molecular formula is C11H20N2O3. The molecule has 0 aliphatic heterocycles. The highest BCUT2D eigenvalue weighted by Gasteiger charge is 2.45. The Kier molecular flexibility index (Phi) is 3.91. The molecule has 0 heterocycles. The molecule has 5 heteroatoms. The first-order valence-corrected chi connectivity index (χ1v) is 5.63. The minimum Gasteiger partial charge on any atom is -0.463 e. The van der Waals surface area contributed by atoms with Gasteiger partial charge in [0, 0.05) is 6.54 Å². The quantitative estimate of drug-likeness (QED) is 0.658. The number of rotatable bonds is 5. The fourth-order valence-corrected chi connectivity index (χ4v) is 1.22. The van der Waals surface area contributed by atoms with Gasteiger partial charge in [0.15, 0.2) is 0 Å². The topological polar surface area (TPSA) is 81.4 Å². The van der Waals surface area contributed by atoms with Gasteiger partial charge in [-0.15, -0.1) is 0 Å². The molecule has 1 atom stereocenters. The van der Waals surface area contributed by atoms with Gasteiger partial charge < -0.3 is 15.8 Å².